The van der Waals surface area contributed by atoms with Gasteiger partial charge in [0, 0.05) is 18.8 Å². The van der Waals surface area contributed by atoms with Crippen LogP contribution in [0.25, 0.3) is 0 Å². The van der Waals surface area contributed by atoms with Crippen LogP contribution < -0.4 is 20.1 Å². The van der Waals surface area contributed by atoms with Gasteiger partial charge in [0.1, 0.15) is 17.3 Å². The molecular weight excluding hydrogens is 342 g/mol. The average molecular weight is 363 g/mol. The molecule has 27 heavy (non-hydrogen) atoms. The van der Waals surface area contributed by atoms with Crippen LogP contribution >= 0.6 is 0 Å². The molecule has 0 aliphatic heterocycles. The molecule has 0 saturated heterocycles. The Balaban J connectivity index is 1.64. The van der Waals surface area contributed by atoms with Crippen molar-refractivity contribution in [3.63, 3.8) is 0 Å². The topological polar surface area (TPSA) is 72.5 Å². The van der Waals surface area contributed by atoms with Crippen LogP contribution in [0, 0.1) is 0 Å². The maximum Gasteiger partial charge on any atom is 0.257 e. The number of pyridine rings is 1. The highest BCUT2D eigenvalue weighted by Crippen LogP contribution is 2.29. The monoisotopic (exact) mass is 363 g/mol. The standard InChI is InChI=1S/C21H21N3O3/c1-26-17-9-10-18(19(12-17)27-2)24-21(25)16-8-11-20(23-14-16)22-13-15-6-4-3-5-7-15/h3-12,14H,13H2,1-2H3,(H,22,23)(H,24,25). The van der Waals surface area contributed by atoms with E-state index >= 15 is 0 Å². The quantitative estimate of drug-likeness (QED) is 0.665. The van der Waals surface area contributed by atoms with E-state index in [0.29, 0.717) is 35.1 Å². The van der Waals surface area contributed by atoms with Crippen molar-refractivity contribution in [1.29, 1.82) is 0 Å². The minimum Gasteiger partial charge on any atom is -0.497 e. The van der Waals surface area contributed by atoms with Crippen LogP contribution in [-0.4, -0.2) is 25.1 Å². The lowest BCUT2D eigenvalue weighted by molar-refractivity contribution is 0.102. The first kappa shape index (κ1) is 18.3. The fraction of sp³-hybridized carbons (Fsp3) is 0.143. The predicted molar refractivity (Wildman–Crippen MR) is 106 cm³/mol. The van der Waals surface area contributed by atoms with E-state index in [2.05, 4.69) is 15.6 Å². The number of ether oxygens (including phenoxy) is 2. The zero-order valence-corrected chi connectivity index (χ0v) is 15.2. The van der Waals surface area contributed by atoms with Crippen LogP contribution in [0.5, 0.6) is 11.5 Å². The van der Waals surface area contributed by atoms with E-state index < -0.39 is 0 Å². The Hall–Kier alpha value is -3.54. The average Bonchev–Trinajstić information content (AvgIpc) is 2.73. The van der Waals surface area contributed by atoms with E-state index in [-0.39, 0.29) is 5.91 Å². The van der Waals surface area contributed by atoms with Crippen molar-refractivity contribution < 1.29 is 14.3 Å². The van der Waals surface area contributed by atoms with Gasteiger partial charge in [0.2, 0.25) is 0 Å². The molecular formula is C21H21N3O3. The molecule has 1 heterocycles. The number of aromatic nitrogens is 1. The number of benzene rings is 2. The third-order valence-electron chi connectivity index (χ3n) is 4.00. The van der Waals surface area contributed by atoms with E-state index in [9.17, 15) is 4.79 Å². The number of nitrogens with one attached hydrogen (secondary N) is 2. The second-order valence-electron chi connectivity index (χ2n) is 5.79. The van der Waals surface area contributed by atoms with Crippen molar-refractivity contribution in [1.82, 2.24) is 4.98 Å². The molecule has 0 unspecified atom stereocenters. The molecule has 0 bridgehead atoms. The number of carbonyl (C=O) groups excluding carboxylic acids is 1. The highest BCUT2D eigenvalue weighted by Gasteiger charge is 2.11. The molecule has 1 amide bonds. The first-order valence-corrected chi connectivity index (χ1v) is 8.47. The lowest BCUT2D eigenvalue weighted by atomic mass is 10.2. The van der Waals surface area contributed by atoms with E-state index in [0.717, 1.165) is 5.56 Å². The van der Waals surface area contributed by atoms with Gasteiger partial charge in [0.15, 0.2) is 0 Å². The molecule has 0 fully saturated rings. The maximum atomic E-state index is 12.5. The molecule has 6 heteroatoms. The molecule has 3 rings (SSSR count). The second-order valence-corrected chi connectivity index (χ2v) is 5.79. The van der Waals surface area contributed by atoms with Gasteiger partial charge in [-0.3, -0.25) is 4.79 Å². The van der Waals surface area contributed by atoms with E-state index in [1.807, 2.05) is 30.3 Å². The van der Waals surface area contributed by atoms with Crippen LogP contribution in [-0.2, 0) is 6.54 Å². The molecule has 1 aromatic heterocycles. The second kappa shape index (κ2) is 8.71. The van der Waals surface area contributed by atoms with Crippen molar-refractivity contribution in [2.24, 2.45) is 0 Å². The maximum absolute atomic E-state index is 12.5. The van der Waals surface area contributed by atoms with Gasteiger partial charge in [0.05, 0.1) is 25.5 Å². The molecule has 0 atom stereocenters. The van der Waals surface area contributed by atoms with Gasteiger partial charge < -0.3 is 20.1 Å². The van der Waals surface area contributed by atoms with Gasteiger partial charge in [-0.05, 0) is 29.8 Å². The molecule has 0 radical (unpaired) electrons. The number of nitrogens with zero attached hydrogens (tertiary/aromatic N) is 1. The number of methoxy groups -OCH3 is 2. The fourth-order valence-corrected chi connectivity index (χ4v) is 2.52. The van der Waals surface area contributed by atoms with Crippen molar-refractivity contribution in [3.05, 3.63) is 78.0 Å². The summed E-state index contributed by atoms with van der Waals surface area (Å²) in [5.74, 6) is 1.62. The van der Waals surface area contributed by atoms with Crippen LogP contribution in [0.15, 0.2) is 66.9 Å². The predicted octanol–water partition coefficient (Wildman–Crippen LogP) is 3.96. The summed E-state index contributed by atoms with van der Waals surface area (Å²) in [6, 6.07) is 18.8. The third-order valence-corrected chi connectivity index (χ3v) is 4.00. The Kier molecular flexibility index (Phi) is 5.89. The van der Waals surface area contributed by atoms with Crippen LogP contribution in [0.1, 0.15) is 15.9 Å². The summed E-state index contributed by atoms with van der Waals surface area (Å²) in [7, 11) is 3.12. The SMILES string of the molecule is COc1ccc(NC(=O)c2ccc(NCc3ccccc3)nc2)c(OC)c1. The zero-order chi connectivity index (χ0) is 19.1. The summed E-state index contributed by atoms with van der Waals surface area (Å²) in [5, 5.41) is 6.06. The van der Waals surface area contributed by atoms with Crippen LogP contribution in [0.3, 0.4) is 0 Å². The van der Waals surface area contributed by atoms with Crippen LogP contribution in [0.2, 0.25) is 0 Å². The minimum absolute atomic E-state index is 0.263. The molecule has 0 saturated carbocycles. The molecule has 6 nitrogen and oxygen atoms in total. The number of hydrogen-bond acceptors (Lipinski definition) is 5. The third kappa shape index (κ3) is 4.76. The van der Waals surface area contributed by atoms with Gasteiger partial charge in [0.25, 0.3) is 5.91 Å². The largest absolute Gasteiger partial charge is 0.497 e. The van der Waals surface area contributed by atoms with Gasteiger partial charge in [-0.15, -0.1) is 0 Å². The summed E-state index contributed by atoms with van der Waals surface area (Å²) in [4.78, 5) is 16.8. The molecule has 3 aromatic rings. The van der Waals surface area contributed by atoms with Gasteiger partial charge >= 0.3 is 0 Å². The van der Waals surface area contributed by atoms with E-state index in [4.69, 9.17) is 9.47 Å². The van der Waals surface area contributed by atoms with Gasteiger partial charge in [-0.25, -0.2) is 4.98 Å². The normalized spacial score (nSPS) is 10.1. The molecule has 0 aliphatic carbocycles. The highest BCUT2D eigenvalue weighted by atomic mass is 16.5. The molecule has 2 N–H and O–H groups in total. The van der Waals surface area contributed by atoms with Crippen LogP contribution in [0.4, 0.5) is 11.5 Å². The summed E-state index contributed by atoms with van der Waals surface area (Å²) in [6.45, 7) is 0.669. The number of amides is 1. The Morgan fingerprint density at radius 2 is 1.81 bits per heavy atom. The number of carbonyl (C=O) groups is 1. The van der Waals surface area contributed by atoms with Gasteiger partial charge in [-0.2, -0.15) is 0 Å². The van der Waals surface area contributed by atoms with Crippen molar-refractivity contribution in [3.8, 4) is 11.5 Å². The first-order valence-electron chi connectivity index (χ1n) is 8.47. The van der Waals surface area contributed by atoms with Crippen molar-refractivity contribution in [2.75, 3.05) is 24.9 Å². The van der Waals surface area contributed by atoms with E-state index in [1.165, 1.54) is 0 Å². The lowest BCUT2D eigenvalue weighted by Crippen LogP contribution is -2.13. The zero-order valence-electron chi connectivity index (χ0n) is 15.2. The highest BCUT2D eigenvalue weighted by molar-refractivity contribution is 6.05. The Morgan fingerprint density at radius 3 is 2.48 bits per heavy atom. The van der Waals surface area contributed by atoms with Gasteiger partial charge in [-0.1, -0.05) is 30.3 Å². The minimum atomic E-state index is -0.263. The van der Waals surface area contributed by atoms with E-state index in [1.54, 1.807) is 50.7 Å². The number of anilines is 2. The number of hydrogen-bond donors (Lipinski definition) is 2. The molecule has 0 spiro atoms. The smallest absolute Gasteiger partial charge is 0.257 e. The summed E-state index contributed by atoms with van der Waals surface area (Å²) >= 11 is 0. The fourth-order valence-electron chi connectivity index (χ4n) is 2.52. The molecule has 2 aromatic carbocycles. The molecule has 0 aliphatic rings. The lowest BCUT2D eigenvalue weighted by Gasteiger charge is -2.12. The van der Waals surface area contributed by atoms with Crippen molar-refractivity contribution >= 4 is 17.4 Å². The summed E-state index contributed by atoms with van der Waals surface area (Å²) in [6.07, 6.45) is 1.54. The molecule has 138 valence electrons. The Labute approximate surface area is 158 Å². The Bertz CT molecular complexity index is 896. The summed E-state index contributed by atoms with van der Waals surface area (Å²) in [5.41, 5.74) is 2.18. The first-order chi connectivity index (χ1) is 13.2. The summed E-state index contributed by atoms with van der Waals surface area (Å²) < 4.78 is 10.5. The number of rotatable bonds is 7. The Morgan fingerprint density at radius 1 is 1.00 bits per heavy atom. The van der Waals surface area contributed by atoms with Crippen molar-refractivity contribution in [2.45, 2.75) is 6.54 Å².